The van der Waals surface area contributed by atoms with E-state index < -0.39 is 11.6 Å². The summed E-state index contributed by atoms with van der Waals surface area (Å²) in [6, 6.07) is 1.23. The molecule has 1 fully saturated rings. The predicted molar refractivity (Wildman–Crippen MR) is 82.8 cm³/mol. The van der Waals surface area contributed by atoms with Gasteiger partial charge in [0, 0.05) is 25.7 Å². The van der Waals surface area contributed by atoms with E-state index in [-0.39, 0.29) is 11.6 Å². The van der Waals surface area contributed by atoms with Crippen LogP contribution in [-0.2, 0) is 0 Å². The first-order valence-corrected chi connectivity index (χ1v) is 7.96. The fourth-order valence-electron chi connectivity index (χ4n) is 2.89. The molecule has 2 rings (SSSR count). The average molecular weight is 297 g/mol. The Kier molecular flexibility index (Phi) is 5.76. The third-order valence-electron chi connectivity index (χ3n) is 4.16. The molecule has 1 saturated carbocycles. The Labute approximate surface area is 125 Å². The Morgan fingerprint density at radius 1 is 1.19 bits per heavy atom. The Morgan fingerprint density at radius 2 is 1.86 bits per heavy atom. The fourth-order valence-corrected chi connectivity index (χ4v) is 2.89. The summed E-state index contributed by atoms with van der Waals surface area (Å²) in [5.41, 5.74) is 0. The van der Waals surface area contributed by atoms with Gasteiger partial charge < -0.3 is 10.2 Å². The monoisotopic (exact) mass is 297 g/mol. The van der Waals surface area contributed by atoms with Crippen LogP contribution >= 0.6 is 0 Å². The zero-order valence-electron chi connectivity index (χ0n) is 13.0. The predicted octanol–water partition coefficient (Wildman–Crippen LogP) is 4.34. The third-order valence-corrected chi connectivity index (χ3v) is 4.16. The molecule has 0 radical (unpaired) electrons. The number of hydrogen-bond donors (Lipinski definition) is 1. The summed E-state index contributed by atoms with van der Waals surface area (Å²) in [6.07, 6.45) is 7.78. The Morgan fingerprint density at radius 3 is 2.48 bits per heavy atom. The first kappa shape index (κ1) is 16.0. The maximum Gasteiger partial charge on any atom is 0.168 e. The van der Waals surface area contributed by atoms with Crippen LogP contribution in [-0.4, -0.2) is 24.6 Å². The highest BCUT2D eigenvalue weighted by atomic mass is 19.1. The molecule has 1 N–H and O–H groups in total. The molecule has 1 aromatic heterocycles. The maximum atomic E-state index is 14.1. The van der Waals surface area contributed by atoms with Crippen molar-refractivity contribution in [2.24, 2.45) is 0 Å². The van der Waals surface area contributed by atoms with Crippen LogP contribution in [0.3, 0.4) is 0 Å². The Hall–Kier alpha value is -1.39. The van der Waals surface area contributed by atoms with Crippen LogP contribution in [0.2, 0.25) is 0 Å². The first-order valence-electron chi connectivity index (χ1n) is 7.96. The van der Waals surface area contributed by atoms with Gasteiger partial charge in [-0.2, -0.15) is 0 Å². The molecule has 1 aliphatic carbocycles. The highest BCUT2D eigenvalue weighted by Gasteiger charge is 2.22. The van der Waals surface area contributed by atoms with Crippen molar-refractivity contribution < 1.29 is 8.78 Å². The van der Waals surface area contributed by atoms with Gasteiger partial charge in [-0.25, -0.2) is 13.8 Å². The van der Waals surface area contributed by atoms with E-state index in [0.717, 1.165) is 25.3 Å². The van der Waals surface area contributed by atoms with Crippen molar-refractivity contribution in [3.05, 3.63) is 17.7 Å². The van der Waals surface area contributed by atoms with Crippen molar-refractivity contribution >= 4 is 11.6 Å². The van der Waals surface area contributed by atoms with Gasteiger partial charge in [0.15, 0.2) is 23.3 Å². The Bertz CT molecular complexity index is 457. The largest absolute Gasteiger partial charge is 0.368 e. The molecule has 0 bridgehead atoms. The molecule has 3 nitrogen and oxygen atoms in total. The van der Waals surface area contributed by atoms with Gasteiger partial charge in [0.2, 0.25) is 0 Å². The molecular formula is C16H25F2N3. The van der Waals surface area contributed by atoms with Crippen LogP contribution in [0.4, 0.5) is 20.4 Å². The lowest BCUT2D eigenvalue weighted by molar-refractivity contribution is 0.524. The van der Waals surface area contributed by atoms with Crippen LogP contribution in [0.15, 0.2) is 6.07 Å². The summed E-state index contributed by atoms with van der Waals surface area (Å²) < 4.78 is 27.8. The van der Waals surface area contributed by atoms with Crippen LogP contribution in [0, 0.1) is 11.6 Å². The highest BCUT2D eigenvalue weighted by molar-refractivity contribution is 5.49. The van der Waals surface area contributed by atoms with Gasteiger partial charge in [0.1, 0.15) is 0 Å². The molecule has 21 heavy (non-hydrogen) atoms. The molecular weight excluding hydrogens is 272 g/mol. The summed E-state index contributed by atoms with van der Waals surface area (Å²) in [7, 11) is 1.86. The number of rotatable bonds is 5. The van der Waals surface area contributed by atoms with Crippen LogP contribution in [0.1, 0.15) is 51.9 Å². The molecule has 1 heterocycles. The quantitative estimate of drug-likeness (QED) is 0.819. The summed E-state index contributed by atoms with van der Waals surface area (Å²) in [6.45, 7) is 2.62. The van der Waals surface area contributed by atoms with E-state index >= 15 is 0 Å². The number of halogens is 2. The molecule has 1 aliphatic rings. The van der Waals surface area contributed by atoms with Crippen molar-refractivity contribution in [1.82, 2.24) is 4.98 Å². The molecule has 0 aliphatic heterocycles. The molecule has 0 spiro atoms. The van der Waals surface area contributed by atoms with E-state index in [2.05, 4.69) is 10.3 Å². The van der Waals surface area contributed by atoms with Crippen molar-refractivity contribution in [3.63, 3.8) is 0 Å². The molecule has 0 unspecified atom stereocenters. The second kappa shape index (κ2) is 7.57. The number of nitrogens with zero attached hydrogens (tertiary/aromatic N) is 2. The van der Waals surface area contributed by atoms with E-state index in [1.54, 1.807) is 0 Å². The Balaban J connectivity index is 2.20. The molecule has 0 amide bonds. The number of pyridine rings is 1. The lowest BCUT2D eigenvalue weighted by Gasteiger charge is -2.29. The molecule has 118 valence electrons. The number of hydrogen-bond acceptors (Lipinski definition) is 3. The summed E-state index contributed by atoms with van der Waals surface area (Å²) in [5.74, 6) is -0.809. The van der Waals surface area contributed by atoms with Gasteiger partial charge in [0.25, 0.3) is 0 Å². The second-order valence-electron chi connectivity index (χ2n) is 5.81. The normalized spacial score (nSPS) is 16.6. The summed E-state index contributed by atoms with van der Waals surface area (Å²) in [5, 5.41) is 2.92. The lowest BCUT2D eigenvalue weighted by atomic mass is 10.1. The van der Waals surface area contributed by atoms with Crippen molar-refractivity contribution in [3.8, 4) is 0 Å². The highest BCUT2D eigenvalue weighted by Crippen LogP contribution is 2.28. The van der Waals surface area contributed by atoms with Gasteiger partial charge in [-0.3, -0.25) is 0 Å². The molecule has 5 heteroatoms. The lowest BCUT2D eigenvalue weighted by Crippen LogP contribution is -2.32. The average Bonchev–Trinajstić information content (AvgIpc) is 2.75. The minimum absolute atomic E-state index is 0.147. The standard InChI is InChI=1S/C16H25F2N3/c1-3-10-19-15-13(17)11-14(18)16(20-15)21(2)12-8-6-4-5-7-9-12/h11-12H,3-10H2,1-2H3,(H,19,20). The van der Waals surface area contributed by atoms with Crippen LogP contribution < -0.4 is 10.2 Å². The number of aromatic nitrogens is 1. The van der Waals surface area contributed by atoms with Gasteiger partial charge in [-0.05, 0) is 19.3 Å². The van der Waals surface area contributed by atoms with E-state index in [9.17, 15) is 8.78 Å². The van der Waals surface area contributed by atoms with Gasteiger partial charge in [-0.15, -0.1) is 0 Å². The maximum absolute atomic E-state index is 14.1. The summed E-state index contributed by atoms with van der Waals surface area (Å²) in [4.78, 5) is 6.07. The molecule has 1 aromatic rings. The van der Waals surface area contributed by atoms with Gasteiger partial charge >= 0.3 is 0 Å². The fraction of sp³-hybridized carbons (Fsp3) is 0.688. The van der Waals surface area contributed by atoms with E-state index in [1.807, 2.05) is 18.9 Å². The van der Waals surface area contributed by atoms with Crippen LogP contribution in [0.25, 0.3) is 0 Å². The minimum atomic E-state index is -0.626. The number of nitrogens with one attached hydrogen (secondary N) is 1. The minimum Gasteiger partial charge on any atom is -0.368 e. The third kappa shape index (κ3) is 4.05. The molecule has 0 saturated heterocycles. The van der Waals surface area contributed by atoms with Gasteiger partial charge in [0.05, 0.1) is 0 Å². The van der Waals surface area contributed by atoms with Crippen molar-refractivity contribution in [2.75, 3.05) is 23.8 Å². The first-order chi connectivity index (χ1) is 10.1. The second-order valence-corrected chi connectivity index (χ2v) is 5.81. The zero-order chi connectivity index (χ0) is 15.2. The smallest absolute Gasteiger partial charge is 0.168 e. The SMILES string of the molecule is CCCNc1nc(N(C)C2CCCCCC2)c(F)cc1F. The zero-order valence-corrected chi connectivity index (χ0v) is 13.0. The topological polar surface area (TPSA) is 28.2 Å². The van der Waals surface area contributed by atoms with Crippen molar-refractivity contribution in [1.29, 1.82) is 0 Å². The van der Waals surface area contributed by atoms with Gasteiger partial charge in [-0.1, -0.05) is 32.6 Å². The van der Waals surface area contributed by atoms with E-state index in [0.29, 0.717) is 12.6 Å². The number of anilines is 2. The summed E-state index contributed by atoms with van der Waals surface area (Å²) >= 11 is 0. The molecule has 0 atom stereocenters. The van der Waals surface area contributed by atoms with Crippen molar-refractivity contribution in [2.45, 2.75) is 57.9 Å². The van der Waals surface area contributed by atoms with E-state index in [1.165, 1.54) is 25.7 Å². The molecule has 0 aromatic carbocycles. The van der Waals surface area contributed by atoms with Crippen LogP contribution in [0.5, 0.6) is 0 Å². The van der Waals surface area contributed by atoms with E-state index in [4.69, 9.17) is 0 Å².